The highest BCUT2D eigenvalue weighted by Gasteiger charge is 2.67. The van der Waals surface area contributed by atoms with Gasteiger partial charge in [0.2, 0.25) is 5.31 Å². The third-order valence-electron chi connectivity index (χ3n) is 20.4. The van der Waals surface area contributed by atoms with Crippen molar-refractivity contribution in [2.75, 3.05) is 0 Å². The van der Waals surface area contributed by atoms with Crippen molar-refractivity contribution in [3.63, 3.8) is 0 Å². The zero-order valence-corrected chi connectivity index (χ0v) is 46.9. The highest BCUT2D eigenvalue weighted by molar-refractivity contribution is 9.51. The second-order valence-electron chi connectivity index (χ2n) is 26.9. The molecule has 3 heteroatoms. The van der Waals surface area contributed by atoms with Crippen molar-refractivity contribution in [2.45, 2.75) is 182 Å². The van der Waals surface area contributed by atoms with E-state index >= 15 is 0 Å². The first-order chi connectivity index (χ1) is 31.9. The molecule has 6 aromatic carbocycles. The molecular formula is C65H70Br2Si. The van der Waals surface area contributed by atoms with Crippen LogP contribution in [0.4, 0.5) is 0 Å². The smallest absolute Gasteiger partial charge is 0.109 e. The molecule has 0 heterocycles. The molecule has 0 aromatic heterocycles. The number of hydrogen-bond donors (Lipinski definition) is 0. The van der Waals surface area contributed by atoms with Crippen molar-refractivity contribution in [2.24, 2.45) is 0 Å². The summed E-state index contributed by atoms with van der Waals surface area (Å²) in [5, 5.41) is -3.41. The average molecular weight is 1040 g/mol. The molecule has 15 rings (SSSR count). The van der Waals surface area contributed by atoms with E-state index < -0.39 is 15.8 Å². The minimum absolute atomic E-state index is 0.0712. The van der Waals surface area contributed by atoms with Crippen LogP contribution in [0.25, 0.3) is 0 Å². The summed E-state index contributed by atoms with van der Waals surface area (Å²) < 4.78 is 0. The molecule has 0 fully saturated rings. The number of fused-ring (bicyclic) bond motifs is 3. The first-order valence-corrected chi connectivity index (χ1v) is 32.9. The molecule has 0 aliphatic heterocycles. The summed E-state index contributed by atoms with van der Waals surface area (Å²) >= 11 is 10.2. The van der Waals surface area contributed by atoms with Crippen LogP contribution in [-0.2, 0) is 42.9 Å². The van der Waals surface area contributed by atoms with E-state index in [1.807, 2.05) is 0 Å². The highest BCUT2D eigenvalue weighted by Crippen LogP contribution is 2.71. The van der Waals surface area contributed by atoms with Gasteiger partial charge in [0.1, 0.15) is 0 Å². The Kier molecular flexibility index (Phi) is 8.83. The molecule has 0 nitrogen and oxygen atoms in total. The molecule has 0 atom stereocenters. The Morgan fingerprint density at radius 3 is 0.882 bits per heavy atom. The second kappa shape index (κ2) is 13.5. The number of halogens is 2. The van der Waals surface area contributed by atoms with Gasteiger partial charge in [-0.25, -0.2) is 0 Å². The maximum atomic E-state index is 5.08. The fraction of sp³-hybridized carbons (Fsp3) is 0.446. The first kappa shape index (κ1) is 44.4. The van der Waals surface area contributed by atoms with Crippen LogP contribution >= 0.6 is 30.6 Å². The van der Waals surface area contributed by atoms with E-state index in [2.05, 4.69) is 192 Å². The fourth-order valence-corrected chi connectivity index (χ4v) is 25.9. The van der Waals surface area contributed by atoms with Gasteiger partial charge in [0.05, 0.1) is 5.04 Å². The van der Waals surface area contributed by atoms with Crippen LogP contribution in [0.15, 0.2) is 109 Å². The average Bonchev–Trinajstić information content (AvgIpc) is 3.29. The highest BCUT2D eigenvalue weighted by atomic mass is 79.9. The van der Waals surface area contributed by atoms with Gasteiger partial charge < -0.3 is 0 Å². The van der Waals surface area contributed by atoms with Crippen LogP contribution in [0.2, 0.25) is 6.04 Å². The van der Waals surface area contributed by atoms with Crippen LogP contribution in [-0.4, -0.2) is 5.31 Å². The van der Waals surface area contributed by atoms with Crippen LogP contribution in [0, 0.1) is 0 Å². The van der Waals surface area contributed by atoms with Gasteiger partial charge in [-0.1, -0.05) is 192 Å². The summed E-state index contributed by atoms with van der Waals surface area (Å²) in [5.74, 6) is 0.398. The summed E-state index contributed by atoms with van der Waals surface area (Å²) in [7, 11) is 0. The normalized spacial score (nSPS) is 27.8. The Morgan fingerprint density at radius 2 is 0.588 bits per heavy atom. The van der Waals surface area contributed by atoms with Crippen molar-refractivity contribution in [3.8, 4) is 0 Å². The Balaban J connectivity index is 1.21. The van der Waals surface area contributed by atoms with Crippen LogP contribution in [0.5, 0.6) is 0 Å². The summed E-state index contributed by atoms with van der Waals surface area (Å²) in [6.07, 6.45) is 7.24. The molecule has 6 aromatic rings. The van der Waals surface area contributed by atoms with Crippen molar-refractivity contribution >= 4 is 35.9 Å². The number of benzene rings is 6. The molecule has 0 unspecified atom stereocenters. The predicted octanol–water partition coefficient (Wildman–Crippen LogP) is 17.5. The Hall–Kier alpha value is -3.50. The van der Waals surface area contributed by atoms with Crippen molar-refractivity contribution in [1.82, 2.24) is 0 Å². The van der Waals surface area contributed by atoms with Gasteiger partial charge >= 0.3 is 0 Å². The second-order valence-corrected chi connectivity index (χ2v) is 40.8. The molecule has 0 spiro atoms. The Labute approximate surface area is 424 Å². The van der Waals surface area contributed by atoms with Crippen molar-refractivity contribution < 1.29 is 0 Å². The summed E-state index contributed by atoms with van der Waals surface area (Å²) in [4.78, 5) is 0. The maximum Gasteiger partial charge on any atom is 0.221 e. The molecule has 348 valence electrons. The lowest BCUT2D eigenvalue weighted by atomic mass is 9.49. The first-order valence-electron chi connectivity index (χ1n) is 26.1. The molecule has 0 saturated heterocycles. The summed E-state index contributed by atoms with van der Waals surface area (Å²) in [6.45, 7) is 30.5. The zero-order valence-electron chi connectivity index (χ0n) is 42.8. The summed E-state index contributed by atoms with van der Waals surface area (Å²) in [6, 6.07) is 46.6. The van der Waals surface area contributed by atoms with Crippen LogP contribution in [0.1, 0.15) is 234 Å². The third kappa shape index (κ3) is 5.39. The molecule has 9 aliphatic rings. The molecule has 9 aliphatic carbocycles. The largest absolute Gasteiger partial charge is 0.221 e. The molecule has 68 heavy (non-hydrogen) atoms. The number of rotatable bonds is 3. The lowest BCUT2D eigenvalue weighted by molar-refractivity contribution is 0.327. The van der Waals surface area contributed by atoms with Gasteiger partial charge in [0.15, 0.2) is 0 Å². The number of hydrogen-bond acceptors (Lipinski definition) is 0. The van der Waals surface area contributed by atoms with Crippen LogP contribution < -0.4 is 0 Å². The molecule has 0 amide bonds. The topological polar surface area (TPSA) is 0 Å². The minimum Gasteiger partial charge on any atom is -0.109 e. The van der Waals surface area contributed by atoms with E-state index in [0.29, 0.717) is 0 Å². The van der Waals surface area contributed by atoms with Crippen molar-refractivity contribution in [1.29, 1.82) is 0 Å². The van der Waals surface area contributed by atoms with E-state index in [1.165, 1.54) is 71.9 Å². The van der Waals surface area contributed by atoms with Gasteiger partial charge in [-0.15, -0.1) is 30.6 Å². The van der Waals surface area contributed by atoms with E-state index in [9.17, 15) is 0 Å². The monoisotopic (exact) mass is 1040 g/mol. The molecule has 0 radical (unpaired) electrons. The predicted molar refractivity (Wildman–Crippen MR) is 295 cm³/mol. The summed E-state index contributed by atoms with van der Waals surface area (Å²) in [5.41, 5.74) is 27.9. The maximum absolute atomic E-state index is 5.08. The minimum atomic E-state index is -3.00. The zero-order chi connectivity index (χ0) is 47.7. The molecule has 0 saturated carbocycles. The Bertz CT molecular complexity index is 2900. The molecule has 0 N–H and O–H groups in total. The van der Waals surface area contributed by atoms with Gasteiger partial charge in [-0.2, -0.15) is 0 Å². The van der Waals surface area contributed by atoms with E-state index in [4.69, 9.17) is 30.6 Å². The molecule has 4 bridgehead atoms. The standard InChI is InChI=1S/C65H70Br2Si/c1-58(2)25-28-61(7,8)53-34-47-41(31-50(53)58)57-42-32-51-54(62(9,10)29-26-59(51,3)4)35-48(42)64(47,49-36-55-52(33-43(49)57)60(5,6)27-30-63(55,11)12)37-68(66,67)65-44-22-16-13-19-38(44)56(39-20-14-17-23-45(39)65)40-21-15-18-24-46(40)65/h13-24,31-36,56-57H,25-30,37H2,1-12H3. The Morgan fingerprint density at radius 1 is 0.338 bits per heavy atom. The van der Waals surface area contributed by atoms with Gasteiger partial charge in [-0.05, 0) is 177 Å². The van der Waals surface area contributed by atoms with Crippen molar-refractivity contribution in [3.05, 3.63) is 209 Å². The lowest BCUT2D eigenvalue weighted by Crippen LogP contribution is -2.59. The quantitative estimate of drug-likeness (QED) is 0.122. The lowest BCUT2D eigenvalue weighted by Gasteiger charge is -2.60. The molecular weight excluding hydrogens is 969 g/mol. The van der Waals surface area contributed by atoms with E-state index in [1.54, 1.807) is 66.8 Å². The fourth-order valence-electron chi connectivity index (χ4n) is 16.2. The van der Waals surface area contributed by atoms with Gasteiger partial charge in [0, 0.05) is 17.3 Å². The van der Waals surface area contributed by atoms with E-state index in [0.717, 1.165) is 6.04 Å². The van der Waals surface area contributed by atoms with Gasteiger partial charge in [-0.3, -0.25) is 0 Å². The van der Waals surface area contributed by atoms with Crippen LogP contribution in [0.3, 0.4) is 0 Å². The third-order valence-corrected chi connectivity index (χ3v) is 28.6. The van der Waals surface area contributed by atoms with E-state index in [-0.39, 0.29) is 44.3 Å². The van der Waals surface area contributed by atoms with Gasteiger partial charge in [0.25, 0.3) is 0 Å². The SMILES string of the molecule is CC1(C)CCC(C)(C)c2cc3c(cc21)C1c2cc4c(cc2C3(C[Si](Br)(Br)C23c5ccccc5C(c5ccccc52)c2ccccc23)c2cc3c(cc21)C(C)(C)CCC3(C)C)C(C)(C)CCC4(C)C.